The van der Waals surface area contributed by atoms with Gasteiger partial charge in [0.2, 0.25) is 0 Å². The molecule has 0 bridgehead atoms. The zero-order valence-electron chi connectivity index (χ0n) is 17.9. The zero-order valence-corrected chi connectivity index (χ0v) is 19.5. The minimum atomic E-state index is -3.69. The molecular formula is C23H23N3O5S2. The summed E-state index contributed by atoms with van der Waals surface area (Å²) in [7, 11) is -3.69. The Balaban J connectivity index is 1.49. The number of sulfonamides is 1. The summed E-state index contributed by atoms with van der Waals surface area (Å²) in [6, 6.07) is 15.0. The molecule has 0 atom stereocenters. The molecule has 0 saturated carbocycles. The minimum absolute atomic E-state index is 0.263. The number of rotatable bonds is 6. The molecule has 172 valence electrons. The summed E-state index contributed by atoms with van der Waals surface area (Å²) in [4.78, 5) is 24.8. The fourth-order valence-electron chi connectivity index (χ4n) is 3.56. The van der Waals surface area contributed by atoms with Crippen molar-refractivity contribution in [2.45, 2.75) is 24.0 Å². The van der Waals surface area contributed by atoms with E-state index in [-0.39, 0.29) is 4.21 Å². The van der Waals surface area contributed by atoms with Gasteiger partial charge < -0.3 is 15.4 Å². The Hall–Kier alpha value is -3.37. The molecule has 0 unspecified atom stereocenters. The second kappa shape index (κ2) is 9.63. The van der Waals surface area contributed by atoms with Crippen molar-refractivity contribution in [2.24, 2.45) is 0 Å². The molecule has 0 saturated heterocycles. The van der Waals surface area contributed by atoms with E-state index >= 15 is 0 Å². The van der Waals surface area contributed by atoms with Crippen molar-refractivity contribution in [3.63, 3.8) is 0 Å². The van der Waals surface area contributed by atoms with E-state index < -0.39 is 21.8 Å². The molecule has 0 radical (unpaired) electrons. The predicted molar refractivity (Wildman–Crippen MR) is 128 cm³/mol. The normalized spacial score (nSPS) is 13.2. The Morgan fingerprint density at radius 1 is 1.03 bits per heavy atom. The maximum Gasteiger partial charge on any atom is 0.314 e. The van der Waals surface area contributed by atoms with Gasteiger partial charge in [0, 0.05) is 17.9 Å². The predicted octanol–water partition coefficient (Wildman–Crippen LogP) is 3.87. The van der Waals surface area contributed by atoms with Crippen LogP contribution >= 0.6 is 11.3 Å². The van der Waals surface area contributed by atoms with Crippen LogP contribution in [0.4, 0.5) is 17.1 Å². The molecule has 2 N–H and O–H groups in total. The summed E-state index contributed by atoms with van der Waals surface area (Å²) < 4.78 is 33.2. The van der Waals surface area contributed by atoms with Crippen molar-refractivity contribution in [3.8, 4) is 5.75 Å². The molecule has 8 nitrogen and oxygen atoms in total. The molecule has 1 aliphatic heterocycles. The Morgan fingerprint density at radius 2 is 1.73 bits per heavy atom. The average Bonchev–Trinajstić information content (AvgIpc) is 3.36. The monoisotopic (exact) mass is 485 g/mol. The van der Waals surface area contributed by atoms with E-state index in [2.05, 4.69) is 10.6 Å². The molecule has 2 aromatic carbocycles. The first-order valence-electron chi connectivity index (χ1n) is 10.4. The highest BCUT2D eigenvalue weighted by atomic mass is 32.2. The van der Waals surface area contributed by atoms with Gasteiger partial charge in [0.15, 0.2) is 0 Å². The number of hydrogen-bond acceptors (Lipinski definition) is 6. The molecule has 3 aromatic rings. The van der Waals surface area contributed by atoms with Gasteiger partial charge in [-0.3, -0.25) is 13.9 Å². The van der Waals surface area contributed by atoms with E-state index in [1.54, 1.807) is 60.0 Å². The van der Waals surface area contributed by atoms with Crippen LogP contribution in [0, 0.1) is 0 Å². The quantitative estimate of drug-likeness (QED) is 0.516. The van der Waals surface area contributed by atoms with E-state index in [1.807, 2.05) is 6.92 Å². The number of anilines is 3. The van der Waals surface area contributed by atoms with Gasteiger partial charge in [0.1, 0.15) is 9.96 Å². The second-order valence-corrected chi connectivity index (χ2v) is 10.4. The molecule has 0 spiro atoms. The van der Waals surface area contributed by atoms with Crippen LogP contribution in [0.5, 0.6) is 5.75 Å². The summed E-state index contributed by atoms with van der Waals surface area (Å²) in [5, 5.41) is 6.81. The summed E-state index contributed by atoms with van der Waals surface area (Å²) in [6.07, 6.45) is 1.44. The van der Waals surface area contributed by atoms with Gasteiger partial charge >= 0.3 is 11.8 Å². The molecule has 1 aromatic heterocycles. The third-order valence-corrected chi connectivity index (χ3v) is 8.27. The first-order valence-corrected chi connectivity index (χ1v) is 12.7. The summed E-state index contributed by atoms with van der Waals surface area (Å²) >= 11 is 1.16. The number of nitrogens with zero attached hydrogens (tertiary/aromatic N) is 1. The highest BCUT2D eigenvalue weighted by Crippen LogP contribution is 2.35. The minimum Gasteiger partial charge on any atom is -0.494 e. The van der Waals surface area contributed by atoms with Gasteiger partial charge in [-0.2, -0.15) is 0 Å². The lowest BCUT2D eigenvalue weighted by Gasteiger charge is -2.30. The lowest BCUT2D eigenvalue weighted by atomic mass is 10.0. The van der Waals surface area contributed by atoms with Crippen LogP contribution in [0.25, 0.3) is 0 Å². The third kappa shape index (κ3) is 5.01. The van der Waals surface area contributed by atoms with Gasteiger partial charge in [-0.05, 0) is 73.2 Å². The topological polar surface area (TPSA) is 105 Å². The number of thiophene rings is 1. The number of carbonyl (C=O) groups is 2. The highest BCUT2D eigenvalue weighted by Gasteiger charge is 2.30. The van der Waals surface area contributed by atoms with Crippen LogP contribution in [-0.4, -0.2) is 33.4 Å². The standard InChI is InChI=1S/C23H23N3O5S2/c1-2-31-19-11-9-17(10-12-19)24-22(27)23(28)25-18-8-7-16-5-3-13-26(20(16)15-18)33(29,30)21-6-4-14-32-21/h4,6-12,14-15H,2-3,5,13H2,1H3,(H,24,27)(H,25,28). The Kier molecular flexibility index (Phi) is 6.66. The number of benzene rings is 2. The Labute approximate surface area is 196 Å². The number of hydrogen-bond donors (Lipinski definition) is 2. The van der Waals surface area contributed by atoms with Gasteiger partial charge in [-0.1, -0.05) is 12.1 Å². The number of fused-ring (bicyclic) bond motifs is 1. The second-order valence-electron chi connectivity index (χ2n) is 7.32. The zero-order chi connectivity index (χ0) is 23.4. The smallest absolute Gasteiger partial charge is 0.314 e. The Bertz CT molecular complexity index is 1260. The first-order chi connectivity index (χ1) is 15.9. The van der Waals surface area contributed by atoms with E-state index in [0.29, 0.717) is 42.4 Å². The molecule has 0 aliphatic carbocycles. The fraction of sp³-hybridized carbons (Fsp3) is 0.217. The first kappa shape index (κ1) is 22.8. The number of carbonyl (C=O) groups excluding carboxylic acids is 2. The van der Waals surface area contributed by atoms with Crippen LogP contribution in [0.1, 0.15) is 18.9 Å². The van der Waals surface area contributed by atoms with Crippen molar-refractivity contribution in [1.29, 1.82) is 0 Å². The molecule has 33 heavy (non-hydrogen) atoms. The molecular weight excluding hydrogens is 462 g/mol. The molecule has 10 heteroatoms. The summed E-state index contributed by atoms with van der Waals surface area (Å²) in [5.74, 6) is -1.02. The summed E-state index contributed by atoms with van der Waals surface area (Å²) in [6.45, 7) is 2.75. The van der Waals surface area contributed by atoms with Crippen molar-refractivity contribution in [3.05, 3.63) is 65.5 Å². The SMILES string of the molecule is CCOc1ccc(NC(=O)C(=O)Nc2ccc3c(c2)N(S(=O)(=O)c2cccs2)CCC3)cc1. The molecule has 4 rings (SSSR count). The van der Waals surface area contributed by atoms with Crippen LogP contribution in [0.15, 0.2) is 64.2 Å². The van der Waals surface area contributed by atoms with Gasteiger partial charge in [0.05, 0.1) is 12.3 Å². The highest BCUT2D eigenvalue weighted by molar-refractivity contribution is 7.94. The van der Waals surface area contributed by atoms with Gasteiger partial charge in [-0.15, -0.1) is 11.3 Å². The molecule has 1 aliphatic rings. The van der Waals surface area contributed by atoms with Crippen LogP contribution in [0.2, 0.25) is 0 Å². The van der Waals surface area contributed by atoms with E-state index in [4.69, 9.17) is 4.74 Å². The van der Waals surface area contributed by atoms with Gasteiger partial charge in [-0.25, -0.2) is 8.42 Å². The maximum atomic E-state index is 13.1. The van der Waals surface area contributed by atoms with Crippen molar-refractivity contribution in [1.82, 2.24) is 0 Å². The summed E-state index contributed by atoms with van der Waals surface area (Å²) in [5.41, 5.74) is 2.18. The molecule has 0 fully saturated rings. The van der Waals surface area contributed by atoms with E-state index in [9.17, 15) is 18.0 Å². The number of ether oxygens (including phenoxy) is 1. The average molecular weight is 486 g/mol. The van der Waals surface area contributed by atoms with Crippen LogP contribution < -0.4 is 19.7 Å². The molecule has 2 heterocycles. The van der Waals surface area contributed by atoms with E-state index in [0.717, 1.165) is 23.3 Å². The number of amides is 2. The fourth-order valence-corrected chi connectivity index (χ4v) is 6.20. The lowest BCUT2D eigenvalue weighted by molar-refractivity contribution is -0.132. The van der Waals surface area contributed by atoms with Crippen molar-refractivity contribution in [2.75, 3.05) is 28.1 Å². The molecule has 2 amide bonds. The number of nitrogens with one attached hydrogen (secondary N) is 2. The van der Waals surface area contributed by atoms with Crippen molar-refractivity contribution < 1.29 is 22.7 Å². The largest absolute Gasteiger partial charge is 0.494 e. The van der Waals surface area contributed by atoms with Crippen molar-refractivity contribution >= 4 is 50.2 Å². The van der Waals surface area contributed by atoms with E-state index in [1.165, 1.54) is 4.31 Å². The maximum absolute atomic E-state index is 13.1. The van der Waals surface area contributed by atoms with Crippen LogP contribution in [0.3, 0.4) is 0 Å². The van der Waals surface area contributed by atoms with Gasteiger partial charge in [0.25, 0.3) is 10.0 Å². The van der Waals surface area contributed by atoms with Crippen LogP contribution in [-0.2, 0) is 26.0 Å². The lowest BCUT2D eigenvalue weighted by Crippen LogP contribution is -2.35. The number of aryl methyl sites for hydroxylation is 1. The third-order valence-electron chi connectivity index (χ3n) is 5.09. The Morgan fingerprint density at radius 3 is 2.39 bits per heavy atom.